The van der Waals surface area contributed by atoms with Crippen molar-refractivity contribution in [3.8, 4) is 6.07 Å². The number of hydrogen-bond donors (Lipinski definition) is 2. The van der Waals surface area contributed by atoms with Gasteiger partial charge in [0.05, 0.1) is 11.6 Å². The van der Waals surface area contributed by atoms with Crippen molar-refractivity contribution >= 4 is 11.7 Å². The van der Waals surface area contributed by atoms with E-state index in [9.17, 15) is 4.79 Å². The Hall–Kier alpha value is -2.02. The van der Waals surface area contributed by atoms with Crippen molar-refractivity contribution < 1.29 is 4.79 Å². The van der Waals surface area contributed by atoms with Crippen LogP contribution in [-0.4, -0.2) is 12.1 Å². The lowest BCUT2D eigenvalue weighted by Crippen LogP contribution is -2.38. The molecular formula is C16H21N3O. The molecule has 0 saturated heterocycles. The van der Waals surface area contributed by atoms with Gasteiger partial charge in [-0.05, 0) is 37.1 Å². The van der Waals surface area contributed by atoms with Crippen molar-refractivity contribution in [1.29, 1.82) is 5.26 Å². The molecule has 0 aromatic heterocycles. The summed E-state index contributed by atoms with van der Waals surface area (Å²) in [6.45, 7) is 0. The molecule has 1 aliphatic rings. The minimum Gasteiger partial charge on any atom is -0.335 e. The van der Waals surface area contributed by atoms with Gasteiger partial charge < -0.3 is 10.6 Å². The predicted octanol–water partition coefficient (Wildman–Crippen LogP) is 3.79. The maximum Gasteiger partial charge on any atom is 0.319 e. The van der Waals surface area contributed by atoms with Gasteiger partial charge >= 0.3 is 6.03 Å². The Morgan fingerprint density at radius 2 is 1.65 bits per heavy atom. The summed E-state index contributed by atoms with van der Waals surface area (Å²) >= 11 is 0. The Morgan fingerprint density at radius 3 is 2.25 bits per heavy atom. The number of carbonyl (C=O) groups is 1. The summed E-state index contributed by atoms with van der Waals surface area (Å²) in [6.07, 6.45) is 8.40. The molecule has 2 amide bonds. The normalized spacial score (nSPS) is 16.6. The number of nitriles is 1. The van der Waals surface area contributed by atoms with E-state index in [4.69, 9.17) is 5.26 Å². The molecule has 0 bridgehead atoms. The molecule has 1 saturated carbocycles. The number of carbonyl (C=O) groups excluding carboxylic acids is 1. The van der Waals surface area contributed by atoms with Crippen LogP contribution in [0.1, 0.15) is 50.5 Å². The smallest absolute Gasteiger partial charge is 0.319 e. The molecule has 1 aromatic carbocycles. The Kier molecular flexibility index (Phi) is 5.43. The van der Waals surface area contributed by atoms with Gasteiger partial charge in [-0.2, -0.15) is 5.26 Å². The van der Waals surface area contributed by atoms with Crippen molar-refractivity contribution in [3.63, 3.8) is 0 Å². The Bertz CT molecular complexity index is 467. The summed E-state index contributed by atoms with van der Waals surface area (Å²) in [4.78, 5) is 11.9. The van der Waals surface area contributed by atoms with Crippen molar-refractivity contribution in [3.05, 3.63) is 29.8 Å². The highest BCUT2D eigenvalue weighted by Gasteiger charge is 2.13. The maximum absolute atomic E-state index is 11.9. The fourth-order valence-corrected chi connectivity index (χ4v) is 2.58. The summed E-state index contributed by atoms with van der Waals surface area (Å²) in [5.41, 5.74) is 1.31. The summed E-state index contributed by atoms with van der Waals surface area (Å²) in [5.74, 6) is 0. The van der Waals surface area contributed by atoms with E-state index in [0.717, 1.165) is 12.8 Å². The number of nitrogens with zero attached hydrogens (tertiary/aromatic N) is 1. The molecular weight excluding hydrogens is 250 g/mol. The average molecular weight is 271 g/mol. The minimum absolute atomic E-state index is 0.153. The van der Waals surface area contributed by atoms with E-state index < -0.39 is 0 Å². The number of amides is 2. The minimum atomic E-state index is -0.153. The van der Waals surface area contributed by atoms with Crippen LogP contribution in [0, 0.1) is 11.3 Å². The van der Waals surface area contributed by atoms with Crippen molar-refractivity contribution in [2.24, 2.45) is 0 Å². The van der Waals surface area contributed by atoms with Crippen LogP contribution in [0.15, 0.2) is 24.3 Å². The van der Waals surface area contributed by atoms with Gasteiger partial charge in [-0.1, -0.05) is 32.1 Å². The third-order valence-electron chi connectivity index (χ3n) is 3.71. The van der Waals surface area contributed by atoms with E-state index in [-0.39, 0.29) is 12.1 Å². The van der Waals surface area contributed by atoms with Gasteiger partial charge in [0.1, 0.15) is 0 Å². The first-order valence-electron chi connectivity index (χ1n) is 7.35. The van der Waals surface area contributed by atoms with Gasteiger partial charge in [0.15, 0.2) is 0 Å². The van der Waals surface area contributed by atoms with Gasteiger partial charge in [0.2, 0.25) is 0 Å². The first-order valence-corrected chi connectivity index (χ1v) is 7.35. The highest BCUT2D eigenvalue weighted by Crippen LogP contribution is 2.17. The van der Waals surface area contributed by atoms with E-state index in [2.05, 4.69) is 16.7 Å². The van der Waals surface area contributed by atoms with Crippen LogP contribution in [-0.2, 0) is 0 Å². The second kappa shape index (κ2) is 7.54. The molecule has 2 rings (SSSR count). The Labute approximate surface area is 120 Å². The third kappa shape index (κ3) is 4.58. The van der Waals surface area contributed by atoms with E-state index in [1.54, 1.807) is 24.3 Å². The van der Waals surface area contributed by atoms with Gasteiger partial charge in [0.25, 0.3) is 0 Å². The van der Waals surface area contributed by atoms with E-state index in [0.29, 0.717) is 11.3 Å². The summed E-state index contributed by atoms with van der Waals surface area (Å²) in [7, 11) is 0. The second-order valence-electron chi connectivity index (χ2n) is 5.33. The molecule has 0 heterocycles. The molecule has 0 aliphatic heterocycles. The topological polar surface area (TPSA) is 64.9 Å². The van der Waals surface area contributed by atoms with Crippen LogP contribution in [0.2, 0.25) is 0 Å². The number of hydrogen-bond acceptors (Lipinski definition) is 2. The van der Waals surface area contributed by atoms with Crippen LogP contribution in [0.3, 0.4) is 0 Å². The fourth-order valence-electron chi connectivity index (χ4n) is 2.58. The van der Waals surface area contributed by atoms with E-state index >= 15 is 0 Å². The third-order valence-corrected chi connectivity index (χ3v) is 3.71. The number of urea groups is 1. The van der Waals surface area contributed by atoms with Crippen molar-refractivity contribution in [1.82, 2.24) is 5.32 Å². The number of benzene rings is 1. The van der Waals surface area contributed by atoms with Crippen LogP contribution in [0.25, 0.3) is 0 Å². The maximum atomic E-state index is 11.9. The lowest BCUT2D eigenvalue weighted by atomic mass is 9.97. The van der Waals surface area contributed by atoms with Crippen LogP contribution < -0.4 is 10.6 Å². The largest absolute Gasteiger partial charge is 0.335 e. The summed E-state index contributed by atoms with van der Waals surface area (Å²) in [5, 5.41) is 14.6. The van der Waals surface area contributed by atoms with Crippen LogP contribution in [0.4, 0.5) is 10.5 Å². The molecule has 4 nitrogen and oxygen atoms in total. The molecule has 1 fully saturated rings. The predicted molar refractivity (Wildman–Crippen MR) is 79.4 cm³/mol. The second-order valence-corrected chi connectivity index (χ2v) is 5.33. The molecule has 0 spiro atoms. The molecule has 4 heteroatoms. The molecule has 0 radical (unpaired) electrons. The molecule has 1 aromatic rings. The summed E-state index contributed by atoms with van der Waals surface area (Å²) < 4.78 is 0. The fraction of sp³-hybridized carbons (Fsp3) is 0.500. The van der Waals surface area contributed by atoms with Gasteiger partial charge in [0, 0.05) is 11.7 Å². The van der Waals surface area contributed by atoms with Crippen molar-refractivity contribution in [2.45, 2.75) is 51.0 Å². The Morgan fingerprint density at radius 1 is 1.05 bits per heavy atom. The van der Waals surface area contributed by atoms with E-state index in [1.807, 2.05) is 0 Å². The first kappa shape index (κ1) is 14.4. The van der Waals surface area contributed by atoms with Gasteiger partial charge in [-0.3, -0.25) is 0 Å². The van der Waals surface area contributed by atoms with Crippen molar-refractivity contribution in [2.75, 3.05) is 5.32 Å². The number of anilines is 1. The molecule has 2 N–H and O–H groups in total. The molecule has 0 atom stereocenters. The quantitative estimate of drug-likeness (QED) is 0.859. The van der Waals surface area contributed by atoms with Gasteiger partial charge in [-0.25, -0.2) is 4.79 Å². The molecule has 20 heavy (non-hydrogen) atoms. The van der Waals surface area contributed by atoms with Gasteiger partial charge in [-0.15, -0.1) is 0 Å². The summed E-state index contributed by atoms with van der Waals surface area (Å²) in [6, 6.07) is 9.08. The SMILES string of the molecule is N#Cc1ccc(NC(=O)NC2CCCCCCC2)cc1. The van der Waals surface area contributed by atoms with E-state index in [1.165, 1.54) is 32.1 Å². The highest BCUT2D eigenvalue weighted by molar-refractivity contribution is 5.89. The average Bonchev–Trinajstić information content (AvgIpc) is 2.42. The Balaban J connectivity index is 1.82. The monoisotopic (exact) mass is 271 g/mol. The lowest BCUT2D eigenvalue weighted by molar-refractivity contribution is 0.245. The molecule has 106 valence electrons. The standard InChI is InChI=1S/C16H21N3O/c17-12-13-8-10-15(11-9-13)19-16(20)18-14-6-4-2-1-3-5-7-14/h8-11,14H,1-7H2,(H2,18,19,20). The van der Waals surface area contributed by atoms with Crippen LogP contribution >= 0.6 is 0 Å². The van der Waals surface area contributed by atoms with Crippen LogP contribution in [0.5, 0.6) is 0 Å². The molecule has 0 unspecified atom stereocenters. The lowest BCUT2D eigenvalue weighted by Gasteiger charge is -2.21. The zero-order chi connectivity index (χ0) is 14.2. The zero-order valence-electron chi connectivity index (χ0n) is 11.7. The first-order chi connectivity index (χ1) is 9.78. The number of nitrogens with one attached hydrogen (secondary N) is 2. The molecule has 1 aliphatic carbocycles. The zero-order valence-corrected chi connectivity index (χ0v) is 11.7. The highest BCUT2D eigenvalue weighted by atomic mass is 16.2. The number of rotatable bonds is 2.